The zero-order chi connectivity index (χ0) is 15.0. The number of ether oxygens (including phenoxy) is 1. The Balaban J connectivity index is 1.99. The van der Waals surface area contributed by atoms with Gasteiger partial charge in [-0.15, -0.1) is 0 Å². The van der Waals surface area contributed by atoms with Crippen LogP contribution in [0.25, 0.3) is 0 Å². The fourth-order valence-corrected chi connectivity index (χ4v) is 3.72. The second kappa shape index (κ2) is 5.61. The lowest BCUT2D eigenvalue weighted by Gasteiger charge is -2.19. The molecule has 1 N–H and O–H groups in total. The van der Waals surface area contributed by atoms with Gasteiger partial charge < -0.3 is 10.1 Å². The number of nitrogens with one attached hydrogen (secondary N) is 1. The van der Waals surface area contributed by atoms with Gasteiger partial charge in [-0.3, -0.25) is 0 Å². The molecule has 0 amide bonds. The van der Waals surface area contributed by atoms with Crippen LogP contribution in [0.1, 0.15) is 36.6 Å². The Labute approximate surface area is 140 Å². The number of hydrogen-bond donors (Lipinski definition) is 1. The summed E-state index contributed by atoms with van der Waals surface area (Å²) in [5.74, 6) is 1.03. The molecular weight excluding hydrogens is 373 g/mol. The van der Waals surface area contributed by atoms with Crippen LogP contribution in [-0.4, -0.2) is 12.6 Å². The topological polar surface area (TPSA) is 21.3 Å². The van der Waals surface area contributed by atoms with Crippen molar-refractivity contribution in [3.05, 3.63) is 62.7 Å². The molecule has 1 heterocycles. The van der Waals surface area contributed by atoms with Crippen LogP contribution in [0.4, 0.5) is 0 Å². The van der Waals surface area contributed by atoms with E-state index in [0.29, 0.717) is 0 Å². The van der Waals surface area contributed by atoms with Crippen molar-refractivity contribution in [1.29, 1.82) is 0 Å². The normalized spacial score (nSPS) is 17.1. The molecule has 0 radical (unpaired) electrons. The van der Waals surface area contributed by atoms with E-state index in [9.17, 15) is 0 Å². The summed E-state index contributed by atoms with van der Waals surface area (Å²) < 4.78 is 7.25. The van der Waals surface area contributed by atoms with E-state index < -0.39 is 0 Å². The molecule has 2 nitrogen and oxygen atoms in total. The summed E-state index contributed by atoms with van der Waals surface area (Å²) in [4.78, 5) is 0. The maximum absolute atomic E-state index is 5.97. The Morgan fingerprint density at radius 2 is 1.95 bits per heavy atom. The van der Waals surface area contributed by atoms with Crippen molar-refractivity contribution in [3.8, 4) is 5.75 Å². The van der Waals surface area contributed by atoms with E-state index in [0.717, 1.165) is 12.2 Å². The molecule has 0 saturated heterocycles. The molecule has 1 aliphatic heterocycles. The Kier molecular flexibility index (Phi) is 3.97. The van der Waals surface area contributed by atoms with Crippen molar-refractivity contribution in [2.45, 2.75) is 31.9 Å². The fourth-order valence-electron chi connectivity index (χ4n) is 3.02. The van der Waals surface area contributed by atoms with Crippen molar-refractivity contribution in [2.24, 2.45) is 0 Å². The molecular formula is C18H20INO. The Morgan fingerprint density at radius 1 is 1.19 bits per heavy atom. The van der Waals surface area contributed by atoms with Crippen LogP contribution < -0.4 is 10.1 Å². The minimum atomic E-state index is -0.0860. The minimum Gasteiger partial charge on any atom is -0.487 e. The highest BCUT2D eigenvalue weighted by atomic mass is 127. The van der Waals surface area contributed by atoms with E-state index in [1.54, 1.807) is 0 Å². The maximum atomic E-state index is 5.97. The molecule has 0 spiro atoms. The van der Waals surface area contributed by atoms with Gasteiger partial charge >= 0.3 is 0 Å². The van der Waals surface area contributed by atoms with Gasteiger partial charge in [-0.25, -0.2) is 0 Å². The standard InChI is InChI=1S/C18H20INO/c1-18(2)11-13-10-12(8-9-16(13)21-18)17(20-3)14-6-4-5-7-15(14)19/h4-10,17,20H,11H2,1-3H3. The van der Waals surface area contributed by atoms with E-state index in [4.69, 9.17) is 4.74 Å². The maximum Gasteiger partial charge on any atom is 0.123 e. The third-order valence-corrected chi connectivity index (χ3v) is 4.91. The predicted octanol–water partition coefficient (Wildman–Crippen LogP) is 4.31. The summed E-state index contributed by atoms with van der Waals surface area (Å²) in [5.41, 5.74) is 3.83. The van der Waals surface area contributed by atoms with Gasteiger partial charge in [0, 0.05) is 9.99 Å². The SMILES string of the molecule is CNC(c1ccc2c(c1)CC(C)(C)O2)c1ccccc1I. The zero-order valence-electron chi connectivity index (χ0n) is 12.6. The van der Waals surface area contributed by atoms with Crippen molar-refractivity contribution >= 4 is 22.6 Å². The molecule has 0 saturated carbocycles. The largest absolute Gasteiger partial charge is 0.487 e. The molecule has 21 heavy (non-hydrogen) atoms. The van der Waals surface area contributed by atoms with Gasteiger partial charge in [0.15, 0.2) is 0 Å². The van der Waals surface area contributed by atoms with E-state index >= 15 is 0 Å². The second-order valence-electron chi connectivity index (χ2n) is 6.15. The lowest BCUT2D eigenvalue weighted by molar-refractivity contribution is 0.138. The van der Waals surface area contributed by atoms with E-state index in [1.165, 1.54) is 20.3 Å². The van der Waals surface area contributed by atoms with Crippen molar-refractivity contribution in [3.63, 3.8) is 0 Å². The summed E-state index contributed by atoms with van der Waals surface area (Å²) in [7, 11) is 2.02. The van der Waals surface area contributed by atoms with Crippen LogP contribution in [0, 0.1) is 3.57 Å². The first-order valence-electron chi connectivity index (χ1n) is 7.24. The molecule has 3 rings (SSSR count). The average Bonchev–Trinajstić information content (AvgIpc) is 2.75. The minimum absolute atomic E-state index is 0.0860. The second-order valence-corrected chi connectivity index (χ2v) is 7.31. The number of halogens is 1. The highest BCUT2D eigenvalue weighted by Crippen LogP contribution is 2.37. The van der Waals surface area contributed by atoms with Gasteiger partial charge in [-0.05, 0) is 72.3 Å². The van der Waals surface area contributed by atoms with Gasteiger partial charge in [0.25, 0.3) is 0 Å². The quantitative estimate of drug-likeness (QED) is 0.785. The molecule has 0 bridgehead atoms. The summed E-state index contributed by atoms with van der Waals surface area (Å²) in [6, 6.07) is 15.3. The van der Waals surface area contributed by atoms with Crippen LogP contribution in [0.2, 0.25) is 0 Å². The molecule has 1 aliphatic rings. The van der Waals surface area contributed by atoms with E-state index in [1.807, 2.05) is 7.05 Å². The van der Waals surface area contributed by atoms with Crippen molar-refractivity contribution in [1.82, 2.24) is 5.32 Å². The molecule has 0 fully saturated rings. The lowest BCUT2D eigenvalue weighted by Crippen LogP contribution is -2.24. The van der Waals surface area contributed by atoms with E-state index in [-0.39, 0.29) is 11.6 Å². The third-order valence-electron chi connectivity index (χ3n) is 3.93. The van der Waals surface area contributed by atoms with E-state index in [2.05, 4.69) is 84.2 Å². The number of rotatable bonds is 3. The van der Waals surface area contributed by atoms with Gasteiger partial charge in [-0.2, -0.15) is 0 Å². The predicted molar refractivity (Wildman–Crippen MR) is 94.9 cm³/mol. The monoisotopic (exact) mass is 393 g/mol. The van der Waals surface area contributed by atoms with Crippen LogP contribution in [0.3, 0.4) is 0 Å². The van der Waals surface area contributed by atoms with Crippen molar-refractivity contribution < 1.29 is 4.74 Å². The van der Waals surface area contributed by atoms with Gasteiger partial charge in [0.05, 0.1) is 6.04 Å². The summed E-state index contributed by atoms with van der Waals surface area (Å²) in [5, 5.41) is 3.44. The number of fused-ring (bicyclic) bond motifs is 1. The Bertz CT molecular complexity index is 666. The summed E-state index contributed by atoms with van der Waals surface area (Å²) >= 11 is 2.40. The fraction of sp³-hybridized carbons (Fsp3) is 0.333. The lowest BCUT2D eigenvalue weighted by atomic mass is 9.94. The third kappa shape index (κ3) is 2.94. The van der Waals surface area contributed by atoms with Gasteiger partial charge in [0.1, 0.15) is 11.4 Å². The smallest absolute Gasteiger partial charge is 0.123 e. The highest BCUT2D eigenvalue weighted by molar-refractivity contribution is 14.1. The summed E-state index contributed by atoms with van der Waals surface area (Å²) in [6.07, 6.45) is 0.971. The Morgan fingerprint density at radius 3 is 2.67 bits per heavy atom. The molecule has 2 aromatic rings. The van der Waals surface area contributed by atoms with Crippen LogP contribution in [-0.2, 0) is 6.42 Å². The molecule has 0 aliphatic carbocycles. The first-order chi connectivity index (χ1) is 10.00. The Hall–Kier alpha value is -1.07. The summed E-state index contributed by atoms with van der Waals surface area (Å²) in [6.45, 7) is 4.28. The average molecular weight is 393 g/mol. The molecule has 1 unspecified atom stereocenters. The molecule has 3 heteroatoms. The van der Waals surface area contributed by atoms with Gasteiger partial charge in [-0.1, -0.05) is 30.3 Å². The molecule has 0 aromatic heterocycles. The van der Waals surface area contributed by atoms with Gasteiger partial charge in [0.2, 0.25) is 0 Å². The molecule has 1 atom stereocenters. The number of hydrogen-bond acceptors (Lipinski definition) is 2. The first-order valence-corrected chi connectivity index (χ1v) is 8.31. The van der Waals surface area contributed by atoms with Crippen molar-refractivity contribution in [2.75, 3.05) is 7.05 Å². The molecule has 2 aromatic carbocycles. The zero-order valence-corrected chi connectivity index (χ0v) is 14.8. The van der Waals surface area contributed by atoms with Crippen LogP contribution in [0.5, 0.6) is 5.75 Å². The number of benzene rings is 2. The van der Waals surface area contributed by atoms with Crippen LogP contribution >= 0.6 is 22.6 Å². The highest BCUT2D eigenvalue weighted by Gasteiger charge is 2.30. The molecule has 110 valence electrons. The van der Waals surface area contributed by atoms with Crippen LogP contribution in [0.15, 0.2) is 42.5 Å². The first kappa shape index (κ1) is 14.9.